The van der Waals surface area contributed by atoms with Crippen molar-refractivity contribution in [2.45, 2.75) is 37.1 Å². The maximum atomic E-state index is 12.7. The minimum Gasteiger partial charge on any atom is -0.497 e. The van der Waals surface area contributed by atoms with Crippen LogP contribution in [0.3, 0.4) is 0 Å². The summed E-state index contributed by atoms with van der Waals surface area (Å²) in [4.78, 5) is 40.9. The summed E-state index contributed by atoms with van der Waals surface area (Å²) >= 11 is 1.51. The molecule has 1 aromatic heterocycles. The zero-order valence-corrected chi connectivity index (χ0v) is 18.3. The second-order valence-corrected chi connectivity index (χ2v) is 7.68. The van der Waals surface area contributed by atoms with Crippen molar-refractivity contribution in [2.24, 2.45) is 0 Å². The molecule has 1 heterocycles. The van der Waals surface area contributed by atoms with Crippen LogP contribution in [0.15, 0.2) is 54.5 Å². The number of rotatable bonds is 6. The second kappa shape index (κ2) is 8.66. The van der Waals surface area contributed by atoms with E-state index in [1.54, 1.807) is 33.3 Å². The van der Waals surface area contributed by atoms with Gasteiger partial charge in [0, 0.05) is 11.4 Å². The fraction of sp³-hybridized carbons (Fsp3) is 0.286. The molecule has 9 heteroatoms. The van der Waals surface area contributed by atoms with Gasteiger partial charge in [0.15, 0.2) is 0 Å². The molecule has 3 rings (SSSR count). The molecule has 0 saturated heterocycles. The number of hydrogen-bond donors (Lipinski definition) is 1. The van der Waals surface area contributed by atoms with Gasteiger partial charge < -0.3 is 9.47 Å². The first-order chi connectivity index (χ1) is 14.3. The van der Waals surface area contributed by atoms with Crippen LogP contribution in [-0.4, -0.2) is 28.3 Å². The number of methoxy groups -OCH3 is 2. The zero-order chi connectivity index (χ0) is 22.0. The Bertz CT molecular complexity index is 1250. The lowest BCUT2D eigenvalue weighted by atomic mass is 10.1. The van der Waals surface area contributed by atoms with Gasteiger partial charge in [0.25, 0.3) is 0 Å². The fourth-order valence-corrected chi connectivity index (χ4v) is 4.29. The Hall–Kier alpha value is -3.20. The molecule has 0 unspecified atom stereocenters. The minimum absolute atomic E-state index is 0.163. The highest BCUT2D eigenvalue weighted by atomic mass is 32.2. The zero-order valence-electron chi connectivity index (χ0n) is 17.4. The van der Waals surface area contributed by atoms with Crippen molar-refractivity contribution >= 4 is 11.8 Å². The molecule has 0 amide bonds. The van der Waals surface area contributed by atoms with Gasteiger partial charge in [0.1, 0.15) is 11.5 Å². The van der Waals surface area contributed by atoms with Crippen molar-refractivity contribution in [3.8, 4) is 17.2 Å². The van der Waals surface area contributed by atoms with Gasteiger partial charge in [-0.1, -0.05) is 11.8 Å². The van der Waals surface area contributed by atoms with Gasteiger partial charge in [-0.3, -0.25) is 4.98 Å². The van der Waals surface area contributed by atoms with E-state index in [1.165, 1.54) is 11.8 Å². The summed E-state index contributed by atoms with van der Waals surface area (Å²) in [6.45, 7) is 5.64. The van der Waals surface area contributed by atoms with E-state index in [-0.39, 0.29) is 6.54 Å². The maximum absolute atomic E-state index is 12.7. The molecular weight excluding hydrogens is 406 g/mol. The summed E-state index contributed by atoms with van der Waals surface area (Å²) in [7, 11) is 3.21. The smallest absolute Gasteiger partial charge is 0.340 e. The van der Waals surface area contributed by atoms with Crippen LogP contribution >= 0.6 is 11.8 Å². The third kappa shape index (κ3) is 3.93. The second-order valence-electron chi connectivity index (χ2n) is 6.63. The summed E-state index contributed by atoms with van der Waals surface area (Å²) < 4.78 is 12.7. The molecule has 30 heavy (non-hydrogen) atoms. The third-order valence-electron chi connectivity index (χ3n) is 4.69. The number of nitrogens with one attached hydrogen (secondary N) is 1. The van der Waals surface area contributed by atoms with Crippen molar-refractivity contribution in [2.75, 3.05) is 14.2 Å². The van der Waals surface area contributed by atoms with Crippen molar-refractivity contribution in [1.29, 1.82) is 0 Å². The Morgan fingerprint density at radius 3 is 2.20 bits per heavy atom. The number of aromatic amines is 1. The molecule has 8 nitrogen and oxygen atoms in total. The summed E-state index contributed by atoms with van der Waals surface area (Å²) in [6.07, 6.45) is 0. The molecule has 0 aliphatic heterocycles. The Kier molecular flexibility index (Phi) is 6.21. The van der Waals surface area contributed by atoms with E-state index in [2.05, 4.69) is 4.98 Å². The SMILES string of the molecule is CCn1c(=O)[nH]c(=O)n(-c2cc(C)c(Sc3cc(OC)ccc3OC)c(C)c2)c1=O. The van der Waals surface area contributed by atoms with E-state index < -0.39 is 17.1 Å². The van der Waals surface area contributed by atoms with E-state index in [0.29, 0.717) is 17.2 Å². The molecule has 0 saturated carbocycles. The molecule has 2 aromatic carbocycles. The van der Waals surface area contributed by atoms with Crippen LogP contribution in [0.5, 0.6) is 11.5 Å². The van der Waals surface area contributed by atoms with Gasteiger partial charge in [-0.2, -0.15) is 0 Å². The number of benzene rings is 2. The normalized spacial score (nSPS) is 10.8. The number of aryl methyl sites for hydroxylation is 2. The van der Waals surface area contributed by atoms with Crippen LogP contribution in [-0.2, 0) is 6.54 Å². The highest BCUT2D eigenvalue weighted by molar-refractivity contribution is 7.99. The first-order valence-corrected chi connectivity index (χ1v) is 10.1. The Morgan fingerprint density at radius 2 is 1.63 bits per heavy atom. The topological polar surface area (TPSA) is 95.3 Å². The summed E-state index contributed by atoms with van der Waals surface area (Å²) in [6, 6.07) is 9.06. The lowest BCUT2D eigenvalue weighted by Crippen LogP contribution is -2.48. The molecule has 0 spiro atoms. The molecule has 0 aliphatic rings. The van der Waals surface area contributed by atoms with Crippen molar-refractivity contribution in [1.82, 2.24) is 14.1 Å². The molecular formula is C21H23N3O5S. The summed E-state index contributed by atoms with van der Waals surface area (Å²) in [5.41, 5.74) is 0.0130. The van der Waals surface area contributed by atoms with Crippen LogP contribution in [0.4, 0.5) is 0 Å². The van der Waals surface area contributed by atoms with Crippen LogP contribution in [0, 0.1) is 13.8 Å². The highest BCUT2D eigenvalue weighted by Crippen LogP contribution is 2.40. The molecule has 158 valence electrons. The molecule has 0 radical (unpaired) electrons. The lowest BCUT2D eigenvalue weighted by Gasteiger charge is -2.15. The van der Waals surface area contributed by atoms with Gasteiger partial charge in [-0.15, -0.1) is 0 Å². The largest absolute Gasteiger partial charge is 0.497 e. The number of ether oxygens (including phenoxy) is 2. The Morgan fingerprint density at radius 1 is 0.967 bits per heavy atom. The number of H-pyrrole nitrogens is 1. The quantitative estimate of drug-likeness (QED) is 0.647. The summed E-state index contributed by atoms with van der Waals surface area (Å²) in [5.74, 6) is 1.43. The molecule has 1 N–H and O–H groups in total. The standard InChI is InChI=1S/C21H23N3O5S/c1-6-23-19(25)22-20(26)24(21(23)27)14-9-12(2)18(13(3)10-14)30-17-11-15(28-4)7-8-16(17)29-5/h7-11H,6H2,1-5H3,(H,22,25,26). The minimum atomic E-state index is -0.761. The first-order valence-electron chi connectivity index (χ1n) is 9.28. The van der Waals surface area contributed by atoms with Crippen molar-refractivity contribution in [3.63, 3.8) is 0 Å². The van der Waals surface area contributed by atoms with Gasteiger partial charge >= 0.3 is 17.1 Å². The van der Waals surface area contributed by atoms with Gasteiger partial charge in [0.05, 0.1) is 24.8 Å². The molecule has 0 fully saturated rings. The van der Waals surface area contributed by atoms with Gasteiger partial charge in [-0.25, -0.2) is 23.5 Å². The molecule has 0 bridgehead atoms. The average Bonchev–Trinajstić information content (AvgIpc) is 2.70. The van der Waals surface area contributed by atoms with Gasteiger partial charge in [0.2, 0.25) is 0 Å². The number of nitrogens with zero attached hydrogens (tertiary/aromatic N) is 2. The lowest BCUT2D eigenvalue weighted by molar-refractivity contribution is 0.394. The van der Waals surface area contributed by atoms with Crippen LogP contribution in [0.25, 0.3) is 5.69 Å². The predicted molar refractivity (Wildman–Crippen MR) is 116 cm³/mol. The maximum Gasteiger partial charge on any atom is 0.340 e. The van der Waals surface area contributed by atoms with Crippen LogP contribution in [0.2, 0.25) is 0 Å². The van der Waals surface area contributed by atoms with Crippen LogP contribution in [0.1, 0.15) is 18.1 Å². The van der Waals surface area contributed by atoms with Crippen LogP contribution < -0.4 is 26.5 Å². The Balaban J connectivity index is 2.12. The van der Waals surface area contributed by atoms with Gasteiger partial charge in [-0.05, 0) is 62.2 Å². The van der Waals surface area contributed by atoms with E-state index in [9.17, 15) is 14.4 Å². The van der Waals surface area contributed by atoms with E-state index in [4.69, 9.17) is 9.47 Å². The molecule has 0 aliphatic carbocycles. The monoisotopic (exact) mass is 429 g/mol. The third-order valence-corrected chi connectivity index (χ3v) is 6.07. The van der Waals surface area contributed by atoms with E-state index in [1.807, 2.05) is 32.0 Å². The van der Waals surface area contributed by atoms with Crippen molar-refractivity contribution in [3.05, 3.63) is 72.9 Å². The predicted octanol–water partition coefficient (Wildman–Crippen LogP) is 2.49. The summed E-state index contributed by atoms with van der Waals surface area (Å²) in [5, 5.41) is 0. The average molecular weight is 429 g/mol. The molecule has 3 aromatic rings. The van der Waals surface area contributed by atoms with E-state index in [0.717, 1.165) is 30.1 Å². The number of aromatic nitrogens is 3. The first kappa shape index (κ1) is 21.5. The van der Waals surface area contributed by atoms with Crippen molar-refractivity contribution < 1.29 is 9.47 Å². The van der Waals surface area contributed by atoms with E-state index >= 15 is 0 Å². The highest BCUT2D eigenvalue weighted by Gasteiger charge is 2.15. The fourth-order valence-electron chi connectivity index (χ4n) is 3.21. The molecule has 0 atom stereocenters. The number of hydrogen-bond acceptors (Lipinski definition) is 6. The Labute approximate surface area is 177 Å².